The van der Waals surface area contributed by atoms with Gasteiger partial charge in [0.05, 0.1) is 5.92 Å². The maximum atomic E-state index is 12.1. The molecule has 0 saturated carbocycles. The first-order chi connectivity index (χ1) is 9.23. The summed E-state index contributed by atoms with van der Waals surface area (Å²) in [5.74, 6) is -2.04. The molecule has 21 heavy (non-hydrogen) atoms. The van der Waals surface area contributed by atoms with Crippen LogP contribution in [0.4, 0.5) is 9.59 Å². The van der Waals surface area contributed by atoms with Crippen LogP contribution >= 0.6 is 0 Å². The number of carboxylic acid groups (broad SMARTS) is 1. The van der Waals surface area contributed by atoms with Crippen molar-refractivity contribution in [1.29, 1.82) is 0 Å². The Morgan fingerprint density at radius 2 is 1.29 bits per heavy atom. The van der Waals surface area contributed by atoms with Crippen molar-refractivity contribution in [2.75, 3.05) is 6.54 Å². The second kappa shape index (κ2) is 6.78. The summed E-state index contributed by atoms with van der Waals surface area (Å²) in [6.45, 7) is 11.0. The van der Waals surface area contributed by atoms with Crippen LogP contribution in [0.15, 0.2) is 0 Å². The molecule has 122 valence electrons. The molecule has 7 heteroatoms. The zero-order chi connectivity index (χ0) is 17.0. The molecule has 0 spiro atoms. The third-order valence-corrected chi connectivity index (χ3v) is 2.11. The lowest BCUT2D eigenvalue weighted by molar-refractivity contribution is -0.141. The van der Waals surface area contributed by atoms with Crippen LogP contribution < -0.4 is 0 Å². The van der Waals surface area contributed by atoms with Gasteiger partial charge in [-0.3, -0.25) is 4.79 Å². The Morgan fingerprint density at radius 3 is 1.52 bits per heavy atom. The van der Waals surface area contributed by atoms with Crippen LogP contribution in [0.1, 0.15) is 48.5 Å². The lowest BCUT2D eigenvalue weighted by Gasteiger charge is -2.29. The topological polar surface area (TPSA) is 93.1 Å². The summed E-state index contributed by atoms with van der Waals surface area (Å²) in [5.41, 5.74) is -1.60. The number of hydrogen-bond donors (Lipinski definition) is 1. The zero-order valence-corrected chi connectivity index (χ0v) is 13.7. The molecule has 7 nitrogen and oxygen atoms in total. The average Bonchev–Trinajstić information content (AvgIpc) is 2.19. The maximum Gasteiger partial charge on any atom is 0.419 e. The Bertz CT molecular complexity index is 377. The molecule has 0 aromatic heterocycles. The van der Waals surface area contributed by atoms with Crippen molar-refractivity contribution >= 4 is 18.2 Å². The Hall–Kier alpha value is -1.79. The fourth-order valence-corrected chi connectivity index (χ4v) is 1.21. The van der Waals surface area contributed by atoms with Crippen LogP contribution in [0.25, 0.3) is 0 Å². The van der Waals surface area contributed by atoms with Crippen LogP contribution in [-0.2, 0) is 14.3 Å². The molecule has 0 saturated heterocycles. The van der Waals surface area contributed by atoms with Gasteiger partial charge in [-0.05, 0) is 41.5 Å². The molecule has 0 heterocycles. The summed E-state index contributed by atoms with van der Waals surface area (Å²) in [6, 6.07) is 0. The van der Waals surface area contributed by atoms with Crippen molar-refractivity contribution < 1.29 is 29.0 Å². The van der Waals surface area contributed by atoms with Crippen LogP contribution in [0, 0.1) is 5.92 Å². The largest absolute Gasteiger partial charge is 0.481 e. The Labute approximate surface area is 125 Å². The molecule has 0 unspecified atom stereocenters. The molecule has 2 amide bonds. The molecule has 0 aliphatic heterocycles. The molecular formula is C14H25NO6. The van der Waals surface area contributed by atoms with Crippen molar-refractivity contribution in [2.24, 2.45) is 5.92 Å². The van der Waals surface area contributed by atoms with Crippen LogP contribution in [0.2, 0.25) is 0 Å². The minimum Gasteiger partial charge on any atom is -0.481 e. The van der Waals surface area contributed by atoms with E-state index in [0.29, 0.717) is 4.90 Å². The smallest absolute Gasteiger partial charge is 0.419 e. The molecule has 0 aromatic carbocycles. The molecule has 0 aliphatic rings. The standard InChI is InChI=1S/C14H25NO6/c1-9(10(16)17)8-15(11(18)20-13(2,3)4)12(19)21-14(5,6)7/h9H,8H2,1-7H3,(H,16,17)/t9-/m1/s1. The van der Waals surface area contributed by atoms with Crippen molar-refractivity contribution in [3.63, 3.8) is 0 Å². The number of aliphatic carboxylic acids is 1. The fourth-order valence-electron chi connectivity index (χ4n) is 1.21. The van der Waals surface area contributed by atoms with E-state index >= 15 is 0 Å². The van der Waals surface area contributed by atoms with E-state index in [1.54, 1.807) is 41.5 Å². The van der Waals surface area contributed by atoms with Gasteiger partial charge in [-0.1, -0.05) is 6.92 Å². The second-order valence-electron chi connectivity index (χ2n) is 6.81. The number of carboxylic acids is 1. The van der Waals surface area contributed by atoms with E-state index in [4.69, 9.17) is 14.6 Å². The predicted octanol–water partition coefficient (Wildman–Crippen LogP) is 2.88. The highest BCUT2D eigenvalue weighted by molar-refractivity contribution is 5.88. The number of amides is 2. The molecule has 0 aromatic rings. The summed E-state index contributed by atoms with van der Waals surface area (Å²) in [4.78, 5) is 35.7. The summed E-state index contributed by atoms with van der Waals surface area (Å²) >= 11 is 0. The van der Waals surface area contributed by atoms with E-state index in [1.807, 2.05) is 0 Å². The van der Waals surface area contributed by atoms with Gasteiger partial charge in [0.2, 0.25) is 0 Å². The fraction of sp³-hybridized carbons (Fsp3) is 0.786. The van der Waals surface area contributed by atoms with Crippen molar-refractivity contribution in [2.45, 2.75) is 59.7 Å². The molecule has 0 rings (SSSR count). The number of hydrogen-bond acceptors (Lipinski definition) is 5. The molecular weight excluding hydrogens is 278 g/mol. The number of carbonyl (C=O) groups excluding carboxylic acids is 2. The highest BCUT2D eigenvalue weighted by atomic mass is 16.6. The van der Waals surface area contributed by atoms with E-state index in [-0.39, 0.29) is 6.54 Å². The predicted molar refractivity (Wildman–Crippen MR) is 76.0 cm³/mol. The van der Waals surface area contributed by atoms with Crippen molar-refractivity contribution in [3.8, 4) is 0 Å². The SMILES string of the molecule is C[C@H](CN(C(=O)OC(C)(C)C)C(=O)OC(C)(C)C)C(=O)O. The van der Waals surface area contributed by atoms with Crippen molar-refractivity contribution in [3.05, 3.63) is 0 Å². The molecule has 0 bridgehead atoms. The van der Waals surface area contributed by atoms with E-state index < -0.39 is 35.3 Å². The Kier molecular flexibility index (Phi) is 6.20. The summed E-state index contributed by atoms with van der Waals surface area (Å²) in [5, 5.41) is 8.93. The van der Waals surface area contributed by atoms with Gasteiger partial charge >= 0.3 is 18.2 Å². The number of carbonyl (C=O) groups is 3. The van der Waals surface area contributed by atoms with Gasteiger partial charge in [0.1, 0.15) is 11.2 Å². The van der Waals surface area contributed by atoms with Gasteiger partial charge in [-0.15, -0.1) is 0 Å². The van der Waals surface area contributed by atoms with E-state index in [1.165, 1.54) is 6.92 Å². The van der Waals surface area contributed by atoms with Crippen LogP contribution in [-0.4, -0.2) is 45.9 Å². The number of imide groups is 1. The third-order valence-electron chi connectivity index (χ3n) is 2.11. The summed E-state index contributed by atoms with van der Waals surface area (Å²) in [7, 11) is 0. The Morgan fingerprint density at radius 1 is 0.952 bits per heavy atom. The minimum absolute atomic E-state index is 0.320. The molecule has 0 aliphatic carbocycles. The highest BCUT2D eigenvalue weighted by Crippen LogP contribution is 2.15. The number of rotatable bonds is 3. The van der Waals surface area contributed by atoms with Crippen molar-refractivity contribution in [1.82, 2.24) is 4.90 Å². The lowest BCUT2D eigenvalue weighted by Crippen LogP contribution is -2.46. The van der Waals surface area contributed by atoms with E-state index in [2.05, 4.69) is 0 Å². The first kappa shape index (κ1) is 19.2. The second-order valence-corrected chi connectivity index (χ2v) is 6.81. The summed E-state index contributed by atoms with van der Waals surface area (Å²) < 4.78 is 10.2. The van der Waals surface area contributed by atoms with Gasteiger partial charge in [-0.2, -0.15) is 0 Å². The monoisotopic (exact) mass is 303 g/mol. The third kappa shape index (κ3) is 8.16. The first-order valence-electron chi connectivity index (χ1n) is 6.69. The molecule has 0 fully saturated rings. The lowest BCUT2D eigenvalue weighted by atomic mass is 10.1. The number of nitrogens with zero attached hydrogens (tertiary/aromatic N) is 1. The Balaban J connectivity index is 5.13. The van der Waals surface area contributed by atoms with E-state index in [9.17, 15) is 14.4 Å². The maximum absolute atomic E-state index is 12.1. The van der Waals surface area contributed by atoms with E-state index in [0.717, 1.165) is 0 Å². The van der Waals surface area contributed by atoms with Gasteiger partial charge in [-0.25, -0.2) is 14.5 Å². The molecule has 1 N–H and O–H groups in total. The van der Waals surface area contributed by atoms with Gasteiger partial charge in [0.15, 0.2) is 0 Å². The van der Waals surface area contributed by atoms with Crippen LogP contribution in [0.5, 0.6) is 0 Å². The minimum atomic E-state index is -1.12. The normalized spacial score (nSPS) is 13.3. The van der Waals surface area contributed by atoms with Crippen LogP contribution in [0.3, 0.4) is 0 Å². The van der Waals surface area contributed by atoms with Gasteiger partial charge < -0.3 is 14.6 Å². The average molecular weight is 303 g/mol. The quantitative estimate of drug-likeness (QED) is 0.861. The zero-order valence-electron chi connectivity index (χ0n) is 13.7. The molecule has 0 radical (unpaired) electrons. The first-order valence-corrected chi connectivity index (χ1v) is 6.69. The summed E-state index contributed by atoms with van der Waals surface area (Å²) in [6.07, 6.45) is -1.85. The highest BCUT2D eigenvalue weighted by Gasteiger charge is 2.33. The number of ether oxygens (including phenoxy) is 2. The molecule has 1 atom stereocenters. The van der Waals surface area contributed by atoms with Gasteiger partial charge in [0, 0.05) is 6.54 Å². The van der Waals surface area contributed by atoms with Gasteiger partial charge in [0.25, 0.3) is 0 Å².